The molecule has 0 bridgehead atoms. The molecular weight excluding hydrogens is 300 g/mol. The molecule has 22 heavy (non-hydrogen) atoms. The first kappa shape index (κ1) is 17.6. The predicted octanol–water partition coefficient (Wildman–Crippen LogP) is 2.61. The minimum atomic E-state index is -2.87. The maximum absolute atomic E-state index is 12.3. The van der Waals surface area contributed by atoms with Crippen molar-refractivity contribution in [2.24, 2.45) is 5.92 Å². The Kier molecular flexibility index (Phi) is 5.75. The van der Waals surface area contributed by atoms with Crippen LogP contribution in [-0.2, 0) is 9.84 Å². The maximum atomic E-state index is 12.3. The molecule has 0 aromatic heterocycles. The molecule has 128 valence electrons. The molecule has 2 aliphatic rings. The minimum Gasteiger partial charge on any atom is -0.335 e. The summed E-state index contributed by atoms with van der Waals surface area (Å²) in [6.45, 7) is 4.42. The molecule has 0 aromatic rings. The highest BCUT2D eigenvalue weighted by Gasteiger charge is 2.40. The topological polar surface area (TPSA) is 75.3 Å². The molecule has 0 radical (unpaired) electrons. The molecule has 0 atom stereocenters. The van der Waals surface area contributed by atoms with Gasteiger partial charge in [-0.05, 0) is 44.4 Å². The van der Waals surface area contributed by atoms with Gasteiger partial charge >= 0.3 is 6.03 Å². The van der Waals surface area contributed by atoms with E-state index in [2.05, 4.69) is 24.5 Å². The van der Waals surface area contributed by atoms with Gasteiger partial charge in [-0.2, -0.15) is 0 Å². The number of sulfone groups is 1. The highest BCUT2D eigenvalue weighted by molar-refractivity contribution is 7.91. The van der Waals surface area contributed by atoms with E-state index in [1.807, 2.05) is 0 Å². The number of amides is 2. The van der Waals surface area contributed by atoms with Gasteiger partial charge in [0.05, 0.1) is 11.5 Å². The van der Waals surface area contributed by atoms with E-state index >= 15 is 0 Å². The van der Waals surface area contributed by atoms with Crippen LogP contribution in [0.2, 0.25) is 0 Å². The van der Waals surface area contributed by atoms with Gasteiger partial charge in [0, 0.05) is 11.6 Å². The molecule has 1 aliphatic heterocycles. The average molecular weight is 330 g/mol. The Morgan fingerprint density at radius 3 is 2.23 bits per heavy atom. The van der Waals surface area contributed by atoms with E-state index in [-0.39, 0.29) is 29.1 Å². The summed E-state index contributed by atoms with van der Waals surface area (Å²) < 4.78 is 22.9. The van der Waals surface area contributed by atoms with E-state index in [1.165, 1.54) is 6.42 Å². The standard InChI is InChI=1S/C16H30N2O3S/c1-3-13(4-2)12-16(8-5-9-16)18-15(19)17-14-6-10-22(20,21)11-7-14/h13-14H,3-12H2,1-2H3,(H2,17,18,19). The van der Waals surface area contributed by atoms with Crippen molar-refractivity contribution in [3.63, 3.8) is 0 Å². The Morgan fingerprint density at radius 1 is 1.18 bits per heavy atom. The molecule has 1 saturated carbocycles. The molecule has 2 amide bonds. The Hall–Kier alpha value is -0.780. The fourth-order valence-electron chi connectivity index (χ4n) is 3.61. The quantitative estimate of drug-likeness (QED) is 0.786. The molecule has 1 aliphatic carbocycles. The maximum Gasteiger partial charge on any atom is 0.315 e. The third kappa shape index (κ3) is 4.61. The van der Waals surface area contributed by atoms with Crippen molar-refractivity contribution in [3.05, 3.63) is 0 Å². The summed E-state index contributed by atoms with van der Waals surface area (Å²) in [6, 6.07) is -0.122. The number of urea groups is 1. The van der Waals surface area contributed by atoms with Crippen molar-refractivity contribution in [2.75, 3.05) is 11.5 Å². The predicted molar refractivity (Wildman–Crippen MR) is 88.6 cm³/mol. The van der Waals surface area contributed by atoms with Crippen molar-refractivity contribution in [3.8, 4) is 0 Å². The number of carbonyl (C=O) groups is 1. The van der Waals surface area contributed by atoms with Gasteiger partial charge in [-0.3, -0.25) is 0 Å². The number of hydrogen-bond donors (Lipinski definition) is 2. The van der Waals surface area contributed by atoms with E-state index in [1.54, 1.807) is 0 Å². The number of nitrogens with one attached hydrogen (secondary N) is 2. The van der Waals surface area contributed by atoms with Crippen LogP contribution in [0.1, 0.15) is 65.2 Å². The Balaban J connectivity index is 1.82. The minimum absolute atomic E-state index is 0.00574. The average Bonchev–Trinajstić information content (AvgIpc) is 2.44. The Bertz CT molecular complexity index is 468. The van der Waals surface area contributed by atoms with Gasteiger partial charge in [-0.25, -0.2) is 13.2 Å². The van der Waals surface area contributed by atoms with E-state index in [0.717, 1.165) is 32.1 Å². The lowest BCUT2D eigenvalue weighted by molar-refractivity contribution is 0.141. The third-order valence-corrected chi connectivity index (χ3v) is 7.13. The highest BCUT2D eigenvalue weighted by Crippen LogP contribution is 2.38. The molecule has 0 unspecified atom stereocenters. The third-order valence-electron chi connectivity index (χ3n) is 5.41. The van der Waals surface area contributed by atoms with Crippen molar-refractivity contribution in [1.82, 2.24) is 10.6 Å². The summed E-state index contributed by atoms with van der Waals surface area (Å²) in [5, 5.41) is 6.17. The molecule has 2 fully saturated rings. The monoisotopic (exact) mass is 330 g/mol. The summed E-state index contributed by atoms with van der Waals surface area (Å²) in [7, 11) is -2.87. The van der Waals surface area contributed by atoms with Gasteiger partial charge < -0.3 is 10.6 Å². The van der Waals surface area contributed by atoms with Gasteiger partial charge in [-0.15, -0.1) is 0 Å². The van der Waals surface area contributed by atoms with Crippen LogP contribution in [0.4, 0.5) is 4.79 Å². The first-order chi connectivity index (χ1) is 10.4. The van der Waals surface area contributed by atoms with E-state index in [0.29, 0.717) is 18.8 Å². The smallest absolute Gasteiger partial charge is 0.315 e. The van der Waals surface area contributed by atoms with Crippen LogP contribution >= 0.6 is 0 Å². The first-order valence-electron chi connectivity index (χ1n) is 8.67. The zero-order chi connectivity index (χ0) is 16.2. The van der Waals surface area contributed by atoms with Gasteiger partial charge in [0.15, 0.2) is 0 Å². The summed E-state index contributed by atoms with van der Waals surface area (Å²) in [4.78, 5) is 12.3. The first-order valence-corrected chi connectivity index (χ1v) is 10.5. The normalized spacial score (nSPS) is 23.8. The lowest BCUT2D eigenvalue weighted by atomic mass is 9.70. The number of rotatable bonds is 6. The summed E-state index contributed by atoms with van der Waals surface area (Å²) >= 11 is 0. The lowest BCUT2D eigenvalue weighted by Crippen LogP contribution is -2.58. The van der Waals surface area contributed by atoms with Gasteiger partial charge in [0.25, 0.3) is 0 Å². The molecular formula is C16H30N2O3S. The van der Waals surface area contributed by atoms with Crippen LogP contribution in [0.25, 0.3) is 0 Å². The summed E-state index contributed by atoms with van der Waals surface area (Å²) in [5.41, 5.74) is -0.0263. The molecule has 2 rings (SSSR count). The van der Waals surface area contributed by atoms with Gasteiger partial charge in [0.2, 0.25) is 0 Å². The van der Waals surface area contributed by atoms with E-state index in [9.17, 15) is 13.2 Å². The Morgan fingerprint density at radius 2 is 1.77 bits per heavy atom. The van der Waals surface area contributed by atoms with Crippen molar-refractivity contribution >= 4 is 15.9 Å². The second kappa shape index (κ2) is 7.20. The molecule has 1 heterocycles. The highest BCUT2D eigenvalue weighted by atomic mass is 32.2. The second-order valence-corrected chi connectivity index (χ2v) is 9.35. The summed E-state index contributed by atoms with van der Waals surface area (Å²) in [5.74, 6) is 1.05. The van der Waals surface area contributed by atoms with Crippen LogP contribution in [-0.4, -0.2) is 37.5 Å². The SMILES string of the molecule is CCC(CC)CC1(NC(=O)NC2CCS(=O)(=O)CC2)CCC1. The zero-order valence-electron chi connectivity index (χ0n) is 13.9. The zero-order valence-corrected chi connectivity index (χ0v) is 14.7. The molecule has 6 heteroatoms. The van der Waals surface area contributed by atoms with Crippen molar-refractivity contribution in [2.45, 2.75) is 76.8 Å². The fraction of sp³-hybridized carbons (Fsp3) is 0.938. The van der Waals surface area contributed by atoms with E-state index < -0.39 is 9.84 Å². The fourth-order valence-corrected chi connectivity index (χ4v) is 5.10. The Labute approximate surface area is 134 Å². The molecule has 2 N–H and O–H groups in total. The van der Waals surface area contributed by atoms with Crippen LogP contribution in [0.15, 0.2) is 0 Å². The lowest BCUT2D eigenvalue weighted by Gasteiger charge is -2.45. The van der Waals surface area contributed by atoms with Crippen LogP contribution < -0.4 is 10.6 Å². The van der Waals surface area contributed by atoms with Crippen LogP contribution in [0, 0.1) is 5.92 Å². The largest absolute Gasteiger partial charge is 0.335 e. The van der Waals surface area contributed by atoms with Crippen LogP contribution in [0.3, 0.4) is 0 Å². The summed E-state index contributed by atoms with van der Waals surface area (Å²) in [6.07, 6.45) is 7.76. The molecule has 5 nitrogen and oxygen atoms in total. The second-order valence-electron chi connectivity index (χ2n) is 7.05. The van der Waals surface area contributed by atoms with Crippen molar-refractivity contribution < 1.29 is 13.2 Å². The number of hydrogen-bond acceptors (Lipinski definition) is 3. The van der Waals surface area contributed by atoms with Gasteiger partial charge in [-0.1, -0.05) is 26.7 Å². The van der Waals surface area contributed by atoms with Crippen molar-refractivity contribution in [1.29, 1.82) is 0 Å². The van der Waals surface area contributed by atoms with Gasteiger partial charge in [0.1, 0.15) is 9.84 Å². The van der Waals surface area contributed by atoms with E-state index in [4.69, 9.17) is 0 Å². The van der Waals surface area contributed by atoms with Crippen LogP contribution in [0.5, 0.6) is 0 Å². The molecule has 0 aromatic carbocycles. The number of carbonyl (C=O) groups excluding carboxylic acids is 1. The molecule has 0 spiro atoms. The molecule has 1 saturated heterocycles.